The second-order valence-electron chi connectivity index (χ2n) is 5.62. The molecule has 1 fully saturated rings. The number of hydrogen-bond acceptors (Lipinski definition) is 3. The maximum atomic E-state index is 5.91. The largest absolute Gasteiger partial charge is 0.313 e. The van der Waals surface area contributed by atoms with Crippen LogP contribution in [0.25, 0.3) is 0 Å². The lowest BCUT2D eigenvalue weighted by Gasteiger charge is -2.19. The number of nitrogens with zero attached hydrogens (tertiary/aromatic N) is 1. The second-order valence-corrected chi connectivity index (χ2v) is 5.62. The molecule has 1 unspecified atom stereocenters. The van der Waals surface area contributed by atoms with E-state index in [4.69, 9.17) is 5.84 Å². The lowest BCUT2D eigenvalue weighted by Crippen LogP contribution is -2.36. The van der Waals surface area contributed by atoms with Crippen LogP contribution in [-0.2, 0) is 0 Å². The van der Waals surface area contributed by atoms with E-state index in [9.17, 15) is 0 Å². The summed E-state index contributed by atoms with van der Waals surface area (Å²) >= 11 is 0. The molecule has 3 heteroatoms. The standard InChI is InChI=1S/C12H27N3/c1-4-5-7-15(13)8-6-11-9-12(2,3)10-14-11/h11,14H,4-10,13H2,1-3H3. The van der Waals surface area contributed by atoms with Crippen molar-refractivity contribution in [1.82, 2.24) is 10.3 Å². The minimum absolute atomic E-state index is 0.480. The minimum Gasteiger partial charge on any atom is -0.313 e. The van der Waals surface area contributed by atoms with Crippen molar-refractivity contribution in [3.63, 3.8) is 0 Å². The molecule has 1 saturated heterocycles. The Kier molecular flexibility index (Phi) is 5.03. The van der Waals surface area contributed by atoms with Gasteiger partial charge in [-0.25, -0.2) is 5.01 Å². The quantitative estimate of drug-likeness (QED) is 0.521. The fraction of sp³-hybridized carbons (Fsp3) is 1.00. The molecule has 0 aromatic carbocycles. The van der Waals surface area contributed by atoms with Gasteiger partial charge < -0.3 is 5.32 Å². The zero-order valence-corrected chi connectivity index (χ0v) is 10.6. The van der Waals surface area contributed by atoms with Gasteiger partial charge in [0.25, 0.3) is 0 Å². The van der Waals surface area contributed by atoms with Crippen LogP contribution in [-0.4, -0.2) is 30.7 Å². The van der Waals surface area contributed by atoms with Gasteiger partial charge in [-0.05, 0) is 24.7 Å². The topological polar surface area (TPSA) is 41.3 Å². The molecule has 1 atom stereocenters. The molecule has 0 amide bonds. The summed E-state index contributed by atoms with van der Waals surface area (Å²) in [6.07, 6.45) is 4.90. The summed E-state index contributed by atoms with van der Waals surface area (Å²) in [5.41, 5.74) is 0.480. The van der Waals surface area contributed by atoms with E-state index in [2.05, 4.69) is 26.1 Å². The molecule has 1 heterocycles. The minimum atomic E-state index is 0.480. The van der Waals surface area contributed by atoms with E-state index in [1.54, 1.807) is 0 Å². The van der Waals surface area contributed by atoms with Crippen LogP contribution in [0.2, 0.25) is 0 Å². The molecule has 0 radical (unpaired) electrons. The Morgan fingerprint density at radius 2 is 2.13 bits per heavy atom. The van der Waals surface area contributed by atoms with Gasteiger partial charge in [-0.1, -0.05) is 27.2 Å². The molecule has 0 aliphatic carbocycles. The van der Waals surface area contributed by atoms with Crippen LogP contribution in [0, 0.1) is 5.41 Å². The fourth-order valence-electron chi connectivity index (χ4n) is 2.23. The van der Waals surface area contributed by atoms with Crippen LogP contribution >= 0.6 is 0 Å². The van der Waals surface area contributed by atoms with E-state index in [0.717, 1.165) is 19.6 Å². The zero-order valence-electron chi connectivity index (χ0n) is 10.6. The Morgan fingerprint density at radius 3 is 2.67 bits per heavy atom. The molecular weight excluding hydrogens is 186 g/mol. The van der Waals surface area contributed by atoms with Gasteiger partial charge in [0.1, 0.15) is 0 Å². The smallest absolute Gasteiger partial charge is 0.0143 e. The molecule has 1 rings (SSSR count). The van der Waals surface area contributed by atoms with Crippen LogP contribution in [0.5, 0.6) is 0 Å². The van der Waals surface area contributed by atoms with E-state index in [1.165, 1.54) is 25.7 Å². The van der Waals surface area contributed by atoms with Gasteiger partial charge in [-0.15, -0.1) is 0 Å². The lowest BCUT2D eigenvalue weighted by atomic mass is 9.90. The SMILES string of the molecule is CCCCN(N)CCC1CC(C)(C)CN1. The summed E-state index contributed by atoms with van der Waals surface area (Å²) in [6, 6.07) is 0.674. The number of hydrazine groups is 1. The summed E-state index contributed by atoms with van der Waals surface area (Å²) in [7, 11) is 0. The number of rotatable bonds is 6. The molecule has 0 spiro atoms. The van der Waals surface area contributed by atoms with Gasteiger partial charge in [-0.2, -0.15) is 0 Å². The summed E-state index contributed by atoms with van der Waals surface area (Å²) in [4.78, 5) is 0. The van der Waals surface area contributed by atoms with Crippen molar-refractivity contribution in [2.75, 3.05) is 19.6 Å². The number of hydrogen-bond donors (Lipinski definition) is 2. The predicted octanol–water partition coefficient (Wildman–Crippen LogP) is 1.74. The second kappa shape index (κ2) is 5.83. The molecule has 0 bridgehead atoms. The maximum absolute atomic E-state index is 5.91. The third-order valence-electron chi connectivity index (χ3n) is 3.23. The van der Waals surface area contributed by atoms with Crippen LogP contribution in [0.4, 0.5) is 0 Å². The van der Waals surface area contributed by atoms with E-state index in [0.29, 0.717) is 11.5 Å². The molecule has 3 nitrogen and oxygen atoms in total. The van der Waals surface area contributed by atoms with Crippen molar-refractivity contribution in [3.8, 4) is 0 Å². The van der Waals surface area contributed by atoms with Crippen molar-refractivity contribution in [2.24, 2.45) is 11.3 Å². The lowest BCUT2D eigenvalue weighted by molar-refractivity contribution is 0.261. The fourth-order valence-corrected chi connectivity index (χ4v) is 2.23. The van der Waals surface area contributed by atoms with Crippen LogP contribution in [0.1, 0.15) is 46.5 Å². The summed E-state index contributed by atoms with van der Waals surface area (Å²) in [5.74, 6) is 5.91. The van der Waals surface area contributed by atoms with E-state index in [-0.39, 0.29) is 0 Å². The monoisotopic (exact) mass is 213 g/mol. The molecular formula is C12H27N3. The highest BCUT2D eigenvalue weighted by molar-refractivity contribution is 4.87. The highest BCUT2D eigenvalue weighted by Gasteiger charge is 2.29. The van der Waals surface area contributed by atoms with Crippen molar-refractivity contribution in [2.45, 2.75) is 52.5 Å². The van der Waals surface area contributed by atoms with Gasteiger partial charge in [0.05, 0.1) is 0 Å². The molecule has 90 valence electrons. The van der Waals surface area contributed by atoms with Gasteiger partial charge in [0.15, 0.2) is 0 Å². The van der Waals surface area contributed by atoms with Crippen molar-refractivity contribution < 1.29 is 0 Å². The first-order valence-corrected chi connectivity index (χ1v) is 6.26. The first-order valence-electron chi connectivity index (χ1n) is 6.26. The van der Waals surface area contributed by atoms with Gasteiger partial charge >= 0.3 is 0 Å². The highest BCUT2D eigenvalue weighted by Crippen LogP contribution is 2.28. The summed E-state index contributed by atoms with van der Waals surface area (Å²) in [5, 5.41) is 5.54. The molecule has 0 saturated carbocycles. The molecule has 1 aliphatic rings. The maximum Gasteiger partial charge on any atom is 0.0143 e. The Hall–Kier alpha value is -0.120. The van der Waals surface area contributed by atoms with E-state index in [1.807, 2.05) is 5.01 Å². The van der Waals surface area contributed by atoms with Gasteiger partial charge in [-0.3, -0.25) is 5.84 Å². The van der Waals surface area contributed by atoms with Crippen molar-refractivity contribution in [1.29, 1.82) is 0 Å². The summed E-state index contributed by atoms with van der Waals surface area (Å²) in [6.45, 7) is 10.1. The van der Waals surface area contributed by atoms with Crippen LogP contribution in [0.15, 0.2) is 0 Å². The van der Waals surface area contributed by atoms with Gasteiger partial charge in [0, 0.05) is 25.7 Å². The number of unbranched alkanes of at least 4 members (excludes halogenated alkanes) is 1. The zero-order chi connectivity index (χ0) is 11.3. The number of nitrogens with one attached hydrogen (secondary N) is 1. The number of nitrogens with two attached hydrogens (primary N) is 1. The van der Waals surface area contributed by atoms with Crippen LogP contribution < -0.4 is 11.2 Å². The first kappa shape index (κ1) is 12.9. The molecule has 0 aromatic heterocycles. The Labute approximate surface area is 94.4 Å². The van der Waals surface area contributed by atoms with Gasteiger partial charge in [0.2, 0.25) is 0 Å². The molecule has 1 aliphatic heterocycles. The summed E-state index contributed by atoms with van der Waals surface area (Å²) < 4.78 is 0. The van der Waals surface area contributed by atoms with Crippen molar-refractivity contribution in [3.05, 3.63) is 0 Å². The Balaban J connectivity index is 2.10. The van der Waals surface area contributed by atoms with Crippen LogP contribution in [0.3, 0.4) is 0 Å². The third-order valence-corrected chi connectivity index (χ3v) is 3.23. The average Bonchev–Trinajstić information content (AvgIpc) is 2.52. The molecule has 0 aromatic rings. The Morgan fingerprint density at radius 1 is 1.40 bits per heavy atom. The normalized spacial score (nSPS) is 25.0. The van der Waals surface area contributed by atoms with E-state index < -0.39 is 0 Å². The third kappa shape index (κ3) is 4.96. The van der Waals surface area contributed by atoms with Crippen molar-refractivity contribution >= 4 is 0 Å². The van der Waals surface area contributed by atoms with E-state index >= 15 is 0 Å². The molecule has 15 heavy (non-hydrogen) atoms. The average molecular weight is 213 g/mol. The highest BCUT2D eigenvalue weighted by atomic mass is 15.4. The Bertz CT molecular complexity index is 180. The predicted molar refractivity (Wildman–Crippen MR) is 65.5 cm³/mol. The molecule has 3 N–H and O–H groups in total. The first-order chi connectivity index (χ1) is 7.03.